The number of carbonyl (C=O) groups is 2. The number of carbonyl (C=O) groups excluding carboxylic acids is 2. The van der Waals surface area contributed by atoms with Crippen molar-refractivity contribution < 1.29 is 9.59 Å². The quantitative estimate of drug-likeness (QED) is 0.823. The molecule has 21 heavy (non-hydrogen) atoms. The van der Waals surface area contributed by atoms with Gasteiger partial charge in [0.05, 0.1) is 5.69 Å². The Hall–Kier alpha value is -1.95. The fourth-order valence-electron chi connectivity index (χ4n) is 1.89. The van der Waals surface area contributed by atoms with Gasteiger partial charge in [0, 0.05) is 11.1 Å². The summed E-state index contributed by atoms with van der Waals surface area (Å²) in [5.41, 5.74) is 0.807. The van der Waals surface area contributed by atoms with Crippen LogP contribution in [0.2, 0.25) is 0 Å². The van der Waals surface area contributed by atoms with Crippen molar-refractivity contribution >= 4 is 40.5 Å². The van der Waals surface area contributed by atoms with Crippen molar-refractivity contribution in [3.05, 3.63) is 24.3 Å². The van der Waals surface area contributed by atoms with Gasteiger partial charge in [0.2, 0.25) is 5.91 Å². The zero-order chi connectivity index (χ0) is 15.8. The fourth-order valence-corrected chi connectivity index (χ4v) is 2.26. The number of nitrogens with one attached hydrogen (secondary N) is 2. The summed E-state index contributed by atoms with van der Waals surface area (Å²) in [4.78, 5) is 25.6. The molecule has 0 aromatic heterocycles. The van der Waals surface area contributed by atoms with Crippen LogP contribution in [0.4, 0.5) is 11.4 Å². The standard InChI is InChI=1S/C15H19N3O2S/c1-9-12(19)18(14(21)16-9)11-7-5-6-10(8-11)17-13(20)15(2,3)4/h5-9H,1-4H3,(H,16,21)(H,17,20)/t9-/m0/s1. The maximum absolute atomic E-state index is 12.1. The van der Waals surface area contributed by atoms with Gasteiger partial charge in [-0.1, -0.05) is 26.8 Å². The Bertz CT molecular complexity index is 607. The Balaban J connectivity index is 2.25. The van der Waals surface area contributed by atoms with Gasteiger partial charge in [-0.15, -0.1) is 0 Å². The maximum atomic E-state index is 12.1. The van der Waals surface area contributed by atoms with E-state index in [2.05, 4.69) is 10.6 Å². The molecule has 0 aliphatic carbocycles. The van der Waals surface area contributed by atoms with Crippen LogP contribution < -0.4 is 15.5 Å². The van der Waals surface area contributed by atoms with Gasteiger partial charge in [-0.2, -0.15) is 0 Å². The Morgan fingerprint density at radius 2 is 2.05 bits per heavy atom. The van der Waals surface area contributed by atoms with Gasteiger partial charge < -0.3 is 10.6 Å². The van der Waals surface area contributed by atoms with Gasteiger partial charge >= 0.3 is 0 Å². The Labute approximate surface area is 129 Å². The molecule has 2 rings (SSSR count). The van der Waals surface area contributed by atoms with Crippen molar-refractivity contribution in [2.45, 2.75) is 33.7 Å². The van der Waals surface area contributed by atoms with Crippen LogP contribution >= 0.6 is 12.2 Å². The molecule has 1 heterocycles. The number of hydrogen-bond acceptors (Lipinski definition) is 3. The topological polar surface area (TPSA) is 61.4 Å². The van der Waals surface area contributed by atoms with E-state index in [0.717, 1.165) is 0 Å². The summed E-state index contributed by atoms with van der Waals surface area (Å²) < 4.78 is 0. The van der Waals surface area contributed by atoms with Gasteiger partial charge in [-0.05, 0) is 37.3 Å². The molecule has 0 spiro atoms. The largest absolute Gasteiger partial charge is 0.350 e. The Morgan fingerprint density at radius 1 is 1.38 bits per heavy atom. The van der Waals surface area contributed by atoms with E-state index < -0.39 is 5.41 Å². The number of hydrogen-bond donors (Lipinski definition) is 2. The normalized spacial score (nSPS) is 18.7. The molecule has 6 heteroatoms. The highest BCUT2D eigenvalue weighted by atomic mass is 32.1. The second-order valence-corrected chi connectivity index (χ2v) is 6.49. The molecule has 0 radical (unpaired) electrons. The van der Waals surface area contributed by atoms with Crippen molar-refractivity contribution in [1.29, 1.82) is 0 Å². The van der Waals surface area contributed by atoms with Crippen LogP contribution in [-0.4, -0.2) is 23.0 Å². The molecule has 112 valence electrons. The van der Waals surface area contributed by atoms with Gasteiger partial charge in [-0.3, -0.25) is 14.5 Å². The molecular formula is C15H19N3O2S. The predicted molar refractivity (Wildman–Crippen MR) is 87.2 cm³/mol. The molecule has 1 aromatic carbocycles. The van der Waals surface area contributed by atoms with Crippen LogP contribution in [0.5, 0.6) is 0 Å². The van der Waals surface area contributed by atoms with E-state index >= 15 is 0 Å². The van der Waals surface area contributed by atoms with Crippen LogP contribution in [0.15, 0.2) is 24.3 Å². The average Bonchev–Trinajstić information content (AvgIpc) is 2.62. The van der Waals surface area contributed by atoms with Gasteiger partial charge in [0.1, 0.15) is 6.04 Å². The zero-order valence-electron chi connectivity index (χ0n) is 12.6. The summed E-state index contributed by atoms with van der Waals surface area (Å²) in [6.07, 6.45) is 0. The van der Waals surface area contributed by atoms with E-state index in [1.54, 1.807) is 31.2 Å². The van der Waals surface area contributed by atoms with E-state index in [-0.39, 0.29) is 17.9 Å². The molecule has 0 unspecified atom stereocenters. The zero-order valence-corrected chi connectivity index (χ0v) is 13.4. The third kappa shape index (κ3) is 3.21. The minimum absolute atomic E-state index is 0.0820. The SMILES string of the molecule is C[C@@H]1NC(=S)N(c2cccc(NC(=O)C(C)(C)C)c2)C1=O. The van der Waals surface area contributed by atoms with E-state index in [1.807, 2.05) is 20.8 Å². The van der Waals surface area contributed by atoms with Gasteiger partial charge in [0.15, 0.2) is 5.11 Å². The van der Waals surface area contributed by atoms with Crippen LogP contribution in [0, 0.1) is 5.41 Å². The number of anilines is 2. The van der Waals surface area contributed by atoms with Crippen LogP contribution in [0.3, 0.4) is 0 Å². The van der Waals surface area contributed by atoms with E-state index in [9.17, 15) is 9.59 Å². The summed E-state index contributed by atoms with van der Waals surface area (Å²) in [6, 6.07) is 6.77. The summed E-state index contributed by atoms with van der Waals surface area (Å²) >= 11 is 5.17. The van der Waals surface area contributed by atoms with Gasteiger partial charge in [0.25, 0.3) is 5.91 Å². The number of benzene rings is 1. The van der Waals surface area contributed by atoms with E-state index in [1.165, 1.54) is 4.90 Å². The molecule has 1 saturated heterocycles. The molecule has 1 atom stereocenters. The molecule has 2 N–H and O–H groups in total. The second kappa shape index (κ2) is 5.44. The Morgan fingerprint density at radius 3 is 2.57 bits per heavy atom. The lowest BCUT2D eigenvalue weighted by Gasteiger charge is -2.19. The summed E-state index contributed by atoms with van der Waals surface area (Å²) in [6.45, 7) is 7.30. The first kappa shape index (κ1) is 15.4. The molecule has 1 fully saturated rings. The van der Waals surface area contributed by atoms with Crippen molar-refractivity contribution in [2.24, 2.45) is 5.41 Å². The molecule has 2 amide bonds. The van der Waals surface area contributed by atoms with Crippen molar-refractivity contribution in [2.75, 3.05) is 10.2 Å². The van der Waals surface area contributed by atoms with Crippen LogP contribution in [-0.2, 0) is 9.59 Å². The smallest absolute Gasteiger partial charge is 0.255 e. The van der Waals surface area contributed by atoms with Crippen molar-refractivity contribution in [3.63, 3.8) is 0 Å². The van der Waals surface area contributed by atoms with Crippen LogP contribution in [0.1, 0.15) is 27.7 Å². The highest BCUT2D eigenvalue weighted by Crippen LogP contribution is 2.24. The first-order chi connectivity index (χ1) is 9.70. The van der Waals surface area contributed by atoms with Crippen molar-refractivity contribution in [1.82, 2.24) is 5.32 Å². The molecule has 0 saturated carbocycles. The third-order valence-electron chi connectivity index (χ3n) is 3.18. The molecule has 1 aromatic rings. The average molecular weight is 305 g/mol. The summed E-state index contributed by atoms with van der Waals surface area (Å²) in [7, 11) is 0. The minimum Gasteiger partial charge on any atom is -0.350 e. The summed E-state index contributed by atoms with van der Waals surface area (Å²) in [5, 5.41) is 6.15. The van der Waals surface area contributed by atoms with E-state index in [4.69, 9.17) is 12.2 Å². The number of thiocarbonyl (C=S) groups is 1. The molecule has 5 nitrogen and oxygen atoms in total. The third-order valence-corrected chi connectivity index (χ3v) is 3.48. The minimum atomic E-state index is -0.481. The number of nitrogens with zero attached hydrogens (tertiary/aromatic N) is 1. The van der Waals surface area contributed by atoms with E-state index in [0.29, 0.717) is 16.5 Å². The number of amides is 2. The molecule has 1 aliphatic rings. The Kier molecular flexibility index (Phi) is 4.00. The lowest BCUT2D eigenvalue weighted by molar-refractivity contribution is -0.123. The first-order valence-electron chi connectivity index (χ1n) is 6.76. The molecule has 1 aliphatic heterocycles. The first-order valence-corrected chi connectivity index (χ1v) is 7.17. The maximum Gasteiger partial charge on any atom is 0.255 e. The molecular weight excluding hydrogens is 286 g/mol. The number of rotatable bonds is 2. The highest BCUT2D eigenvalue weighted by Gasteiger charge is 2.33. The molecule has 0 bridgehead atoms. The van der Waals surface area contributed by atoms with Crippen molar-refractivity contribution in [3.8, 4) is 0 Å². The highest BCUT2D eigenvalue weighted by molar-refractivity contribution is 7.80. The predicted octanol–water partition coefficient (Wildman–Crippen LogP) is 2.28. The van der Waals surface area contributed by atoms with Gasteiger partial charge in [-0.25, -0.2) is 0 Å². The van der Waals surface area contributed by atoms with Crippen LogP contribution in [0.25, 0.3) is 0 Å². The lowest BCUT2D eigenvalue weighted by Crippen LogP contribution is -2.31. The fraction of sp³-hybridized carbons (Fsp3) is 0.400. The monoisotopic (exact) mass is 305 g/mol. The lowest BCUT2D eigenvalue weighted by atomic mass is 9.95. The summed E-state index contributed by atoms with van der Waals surface area (Å²) in [5.74, 6) is -0.180. The second-order valence-electron chi connectivity index (χ2n) is 6.10.